The van der Waals surface area contributed by atoms with Crippen LogP contribution in [0, 0.1) is 0 Å². The van der Waals surface area contributed by atoms with E-state index in [1.165, 1.54) is 5.01 Å². The number of ether oxygens (including phenoxy) is 1. The molecule has 0 aromatic heterocycles. The first-order valence-corrected chi connectivity index (χ1v) is 11.4. The number of methoxy groups -OCH3 is 1. The summed E-state index contributed by atoms with van der Waals surface area (Å²) in [5.41, 5.74) is 2.48. The number of rotatable bonds is 8. The van der Waals surface area contributed by atoms with E-state index in [9.17, 15) is 18.0 Å². The lowest BCUT2D eigenvalue weighted by Gasteiger charge is -2.22. The maximum Gasteiger partial charge on any atom is 0.303 e. The van der Waals surface area contributed by atoms with Gasteiger partial charge >= 0.3 is 5.97 Å². The van der Waals surface area contributed by atoms with E-state index in [1.54, 1.807) is 43.5 Å². The summed E-state index contributed by atoms with van der Waals surface area (Å²) >= 11 is 0. The van der Waals surface area contributed by atoms with Gasteiger partial charge in [-0.1, -0.05) is 24.3 Å². The molecular weight excluding hydrogens is 422 g/mol. The van der Waals surface area contributed by atoms with Gasteiger partial charge in [-0.05, 0) is 35.4 Å². The van der Waals surface area contributed by atoms with Crippen LogP contribution in [0.15, 0.2) is 53.6 Å². The van der Waals surface area contributed by atoms with Crippen molar-refractivity contribution in [2.45, 2.75) is 25.3 Å². The molecule has 1 amide bonds. The number of carboxylic acid groups (broad SMARTS) is 1. The van der Waals surface area contributed by atoms with Gasteiger partial charge in [0.2, 0.25) is 15.9 Å². The Hall–Kier alpha value is -3.40. The average molecular weight is 445 g/mol. The minimum atomic E-state index is -3.44. The molecule has 10 heteroatoms. The number of hydrogen-bond acceptors (Lipinski definition) is 6. The van der Waals surface area contributed by atoms with Gasteiger partial charge in [0.15, 0.2) is 0 Å². The van der Waals surface area contributed by atoms with Crippen LogP contribution < -0.4 is 9.46 Å². The number of hydrazone groups is 1. The van der Waals surface area contributed by atoms with E-state index >= 15 is 0 Å². The van der Waals surface area contributed by atoms with Crippen molar-refractivity contribution in [3.8, 4) is 5.75 Å². The second-order valence-electron chi connectivity index (χ2n) is 7.13. The maximum absolute atomic E-state index is 12.7. The number of amides is 1. The molecule has 0 bridgehead atoms. The van der Waals surface area contributed by atoms with Crippen molar-refractivity contribution < 1.29 is 27.9 Å². The van der Waals surface area contributed by atoms with Crippen LogP contribution >= 0.6 is 0 Å². The van der Waals surface area contributed by atoms with Gasteiger partial charge in [-0.2, -0.15) is 5.10 Å². The molecule has 2 aromatic rings. The third-order valence-electron chi connectivity index (χ3n) is 4.72. The predicted molar refractivity (Wildman–Crippen MR) is 116 cm³/mol. The van der Waals surface area contributed by atoms with E-state index in [2.05, 4.69) is 9.82 Å². The normalized spacial score (nSPS) is 16.0. The maximum atomic E-state index is 12.7. The van der Waals surface area contributed by atoms with Crippen molar-refractivity contribution in [3.63, 3.8) is 0 Å². The summed E-state index contributed by atoms with van der Waals surface area (Å²) < 4.78 is 30.7. The Morgan fingerprint density at radius 1 is 1.19 bits per heavy atom. The molecule has 1 aliphatic heterocycles. The highest BCUT2D eigenvalue weighted by Crippen LogP contribution is 2.34. The number of nitrogens with one attached hydrogen (secondary N) is 1. The molecule has 0 unspecified atom stereocenters. The summed E-state index contributed by atoms with van der Waals surface area (Å²) in [5.74, 6) is -0.785. The van der Waals surface area contributed by atoms with Crippen molar-refractivity contribution in [2.75, 3.05) is 18.1 Å². The standard InChI is InChI=1S/C21H23N3O6S/c1-30-17-8-6-14(7-9-17)19-13-18(22-24(19)20(25)10-11-21(26)27)15-4-3-5-16(12-15)23-31(2,28)29/h3-9,12,19,23H,10-11,13H2,1-2H3,(H,26,27)/t19-/m0/s1. The minimum absolute atomic E-state index is 0.172. The highest BCUT2D eigenvalue weighted by Gasteiger charge is 2.33. The fourth-order valence-electron chi connectivity index (χ4n) is 3.31. The number of nitrogens with zero attached hydrogens (tertiary/aromatic N) is 2. The first-order valence-electron chi connectivity index (χ1n) is 9.50. The summed E-state index contributed by atoms with van der Waals surface area (Å²) in [4.78, 5) is 23.6. The highest BCUT2D eigenvalue weighted by molar-refractivity contribution is 7.92. The Morgan fingerprint density at radius 2 is 1.90 bits per heavy atom. The molecule has 2 aromatic carbocycles. The molecule has 0 spiro atoms. The average Bonchev–Trinajstić information content (AvgIpc) is 3.16. The number of sulfonamides is 1. The van der Waals surface area contributed by atoms with Gasteiger partial charge in [-0.25, -0.2) is 13.4 Å². The molecule has 1 aliphatic rings. The number of carbonyl (C=O) groups is 2. The topological polar surface area (TPSA) is 125 Å². The van der Waals surface area contributed by atoms with Gasteiger partial charge in [0.25, 0.3) is 0 Å². The molecule has 0 fully saturated rings. The van der Waals surface area contributed by atoms with Gasteiger partial charge in [-0.15, -0.1) is 0 Å². The van der Waals surface area contributed by atoms with E-state index < -0.39 is 27.9 Å². The number of hydrogen-bond donors (Lipinski definition) is 2. The quantitative estimate of drug-likeness (QED) is 0.643. The Kier molecular flexibility index (Phi) is 6.59. The Morgan fingerprint density at radius 3 is 2.52 bits per heavy atom. The van der Waals surface area contributed by atoms with Gasteiger partial charge < -0.3 is 9.84 Å². The van der Waals surface area contributed by atoms with Crippen molar-refractivity contribution >= 4 is 33.3 Å². The molecule has 2 N–H and O–H groups in total. The van der Waals surface area contributed by atoms with Crippen molar-refractivity contribution in [1.29, 1.82) is 0 Å². The van der Waals surface area contributed by atoms with Crippen LogP contribution in [0.4, 0.5) is 5.69 Å². The van der Waals surface area contributed by atoms with Crippen LogP contribution in [-0.4, -0.2) is 49.5 Å². The smallest absolute Gasteiger partial charge is 0.303 e. The summed E-state index contributed by atoms with van der Waals surface area (Å²) in [5, 5.41) is 14.7. The zero-order chi connectivity index (χ0) is 22.6. The third kappa shape index (κ3) is 5.82. The van der Waals surface area contributed by atoms with E-state index in [4.69, 9.17) is 9.84 Å². The third-order valence-corrected chi connectivity index (χ3v) is 5.32. The predicted octanol–water partition coefficient (Wildman–Crippen LogP) is 2.61. The molecule has 1 atom stereocenters. The Bertz CT molecular complexity index is 1110. The first-order chi connectivity index (χ1) is 14.7. The number of aliphatic carboxylic acids is 1. The zero-order valence-electron chi connectivity index (χ0n) is 17.1. The van der Waals surface area contributed by atoms with Crippen molar-refractivity contribution in [1.82, 2.24) is 5.01 Å². The van der Waals surface area contributed by atoms with Gasteiger partial charge in [0.05, 0.1) is 31.5 Å². The first kappa shape index (κ1) is 22.3. The zero-order valence-corrected chi connectivity index (χ0v) is 17.9. The van der Waals surface area contributed by atoms with Crippen LogP contribution in [0.3, 0.4) is 0 Å². The number of anilines is 1. The summed E-state index contributed by atoms with van der Waals surface area (Å²) in [6.45, 7) is 0. The van der Waals surface area contributed by atoms with Gasteiger partial charge in [0.1, 0.15) is 5.75 Å². The molecular formula is C21H23N3O6S. The fraction of sp³-hybridized carbons (Fsp3) is 0.286. The van der Waals surface area contributed by atoms with Crippen LogP contribution in [0.5, 0.6) is 5.75 Å². The van der Waals surface area contributed by atoms with Crippen molar-refractivity contribution in [3.05, 3.63) is 59.7 Å². The number of carbonyl (C=O) groups excluding carboxylic acids is 1. The molecule has 0 aliphatic carbocycles. The van der Waals surface area contributed by atoms with Crippen LogP contribution in [0.1, 0.15) is 36.4 Å². The Balaban J connectivity index is 1.92. The van der Waals surface area contributed by atoms with Crippen LogP contribution in [0.25, 0.3) is 0 Å². The summed E-state index contributed by atoms with van der Waals surface area (Å²) in [7, 11) is -1.88. The van der Waals surface area contributed by atoms with Crippen molar-refractivity contribution in [2.24, 2.45) is 5.10 Å². The number of carboxylic acids is 1. The van der Waals surface area contributed by atoms with Gasteiger partial charge in [-0.3, -0.25) is 14.3 Å². The lowest BCUT2D eigenvalue weighted by molar-refractivity contribution is -0.141. The number of benzene rings is 2. The van der Waals surface area contributed by atoms with E-state index in [0.717, 1.165) is 11.8 Å². The molecule has 0 saturated heterocycles. The molecule has 0 saturated carbocycles. The molecule has 0 radical (unpaired) electrons. The lowest BCUT2D eigenvalue weighted by atomic mass is 9.98. The highest BCUT2D eigenvalue weighted by atomic mass is 32.2. The molecule has 164 valence electrons. The molecule has 3 rings (SSSR count). The largest absolute Gasteiger partial charge is 0.497 e. The van der Waals surface area contributed by atoms with E-state index in [1.807, 2.05) is 12.1 Å². The van der Waals surface area contributed by atoms with E-state index in [-0.39, 0.29) is 12.8 Å². The SMILES string of the molecule is COc1ccc([C@@H]2CC(c3cccc(NS(C)(=O)=O)c3)=NN2C(=O)CCC(=O)O)cc1. The second-order valence-corrected chi connectivity index (χ2v) is 8.88. The van der Waals surface area contributed by atoms with Crippen LogP contribution in [-0.2, 0) is 19.6 Å². The minimum Gasteiger partial charge on any atom is -0.497 e. The molecule has 9 nitrogen and oxygen atoms in total. The monoisotopic (exact) mass is 445 g/mol. The lowest BCUT2D eigenvalue weighted by Crippen LogP contribution is -2.27. The summed E-state index contributed by atoms with van der Waals surface area (Å²) in [6, 6.07) is 13.6. The second kappa shape index (κ2) is 9.17. The van der Waals surface area contributed by atoms with E-state index in [0.29, 0.717) is 29.1 Å². The molecule has 31 heavy (non-hydrogen) atoms. The Labute approximate surface area is 180 Å². The summed E-state index contributed by atoms with van der Waals surface area (Å²) in [6.07, 6.45) is 1.00. The molecule has 1 heterocycles. The van der Waals surface area contributed by atoms with Crippen LogP contribution in [0.2, 0.25) is 0 Å². The fourth-order valence-corrected chi connectivity index (χ4v) is 3.86. The van der Waals surface area contributed by atoms with Gasteiger partial charge in [0, 0.05) is 18.5 Å².